The Bertz CT molecular complexity index is 1790. The quantitative estimate of drug-likeness (QED) is 0.267. The van der Waals surface area contributed by atoms with Gasteiger partial charge in [0.05, 0.1) is 35.1 Å². The number of esters is 1. The molecule has 1 aliphatic rings. The first-order valence-corrected chi connectivity index (χ1v) is 14.6. The van der Waals surface area contributed by atoms with Gasteiger partial charge in [0.2, 0.25) is 0 Å². The van der Waals surface area contributed by atoms with Crippen LogP contribution in [0.15, 0.2) is 93.9 Å². The molecule has 0 bridgehead atoms. The number of aromatic nitrogens is 1. The lowest BCUT2D eigenvalue weighted by atomic mass is 9.96. The predicted molar refractivity (Wildman–Crippen MR) is 162 cm³/mol. The van der Waals surface area contributed by atoms with Crippen molar-refractivity contribution < 1.29 is 24.1 Å². The van der Waals surface area contributed by atoms with E-state index >= 15 is 0 Å². The molecule has 1 N–H and O–H groups in total. The van der Waals surface area contributed by atoms with E-state index < -0.39 is 12.0 Å². The van der Waals surface area contributed by atoms with Gasteiger partial charge in [0, 0.05) is 0 Å². The van der Waals surface area contributed by atoms with Gasteiger partial charge in [-0.1, -0.05) is 66.8 Å². The average Bonchev–Trinajstić information content (AvgIpc) is 3.30. The van der Waals surface area contributed by atoms with Crippen LogP contribution in [0.3, 0.4) is 0 Å². The summed E-state index contributed by atoms with van der Waals surface area (Å²) in [5.41, 5.74) is 2.78. The average molecular weight is 585 g/mol. The maximum Gasteiger partial charge on any atom is 0.338 e. The molecular formula is C33H32N2O6S. The summed E-state index contributed by atoms with van der Waals surface area (Å²) in [6.45, 7) is 6.71. The first kappa shape index (κ1) is 28.9. The third-order valence-electron chi connectivity index (χ3n) is 6.70. The van der Waals surface area contributed by atoms with E-state index in [1.165, 1.54) is 17.4 Å². The first-order chi connectivity index (χ1) is 20.4. The molecule has 9 heteroatoms. The van der Waals surface area contributed by atoms with Gasteiger partial charge in [-0.15, -0.1) is 0 Å². The number of ether oxygens (including phenoxy) is 3. The van der Waals surface area contributed by atoms with Gasteiger partial charge in [-0.2, -0.15) is 0 Å². The van der Waals surface area contributed by atoms with Gasteiger partial charge in [-0.3, -0.25) is 9.36 Å². The van der Waals surface area contributed by atoms with Crippen molar-refractivity contribution in [3.63, 3.8) is 0 Å². The summed E-state index contributed by atoms with van der Waals surface area (Å²) in [4.78, 5) is 32.7. The van der Waals surface area contributed by atoms with Crippen LogP contribution in [0.4, 0.5) is 0 Å². The van der Waals surface area contributed by atoms with Crippen molar-refractivity contribution in [1.29, 1.82) is 0 Å². The van der Waals surface area contributed by atoms with E-state index in [1.807, 2.05) is 68.4 Å². The number of aromatic hydroxyl groups is 1. The maximum atomic E-state index is 13.9. The van der Waals surface area contributed by atoms with Gasteiger partial charge >= 0.3 is 5.97 Å². The Morgan fingerprint density at radius 2 is 1.81 bits per heavy atom. The van der Waals surface area contributed by atoms with Crippen LogP contribution >= 0.6 is 11.3 Å². The van der Waals surface area contributed by atoms with Gasteiger partial charge in [0.1, 0.15) is 12.4 Å². The standard InChI is InChI=1S/C33H32N2O6S/c1-4-17-40-25-14-12-24(13-15-25)30-29(32(38)41-20-22-9-7-6-8-10-22)21(3)34-33-35(30)31(37)28(42-33)19-23-11-16-26(36)27(18-23)39-5-2/h6-16,18-19,30,36H,4-5,17,20H2,1-3H3. The molecular weight excluding hydrogens is 552 g/mol. The highest BCUT2D eigenvalue weighted by Crippen LogP contribution is 2.32. The molecule has 3 aromatic carbocycles. The molecule has 216 valence electrons. The number of allylic oxidation sites excluding steroid dienone is 1. The molecule has 0 spiro atoms. The molecule has 4 aromatic rings. The van der Waals surface area contributed by atoms with E-state index in [0.29, 0.717) is 50.9 Å². The van der Waals surface area contributed by atoms with Gasteiger partial charge in [-0.25, -0.2) is 9.79 Å². The third kappa shape index (κ3) is 6.16. The number of fused-ring (bicyclic) bond motifs is 1. The fraction of sp³-hybridized carbons (Fsp3) is 0.242. The zero-order valence-electron chi connectivity index (χ0n) is 23.7. The number of hydrogen-bond acceptors (Lipinski definition) is 8. The summed E-state index contributed by atoms with van der Waals surface area (Å²) in [6.07, 6.45) is 2.61. The number of benzene rings is 3. The summed E-state index contributed by atoms with van der Waals surface area (Å²) < 4.78 is 19.0. The van der Waals surface area contributed by atoms with E-state index in [4.69, 9.17) is 14.2 Å². The number of carbonyl (C=O) groups is 1. The maximum absolute atomic E-state index is 13.9. The second-order valence-electron chi connectivity index (χ2n) is 9.72. The molecule has 8 nitrogen and oxygen atoms in total. The number of carbonyl (C=O) groups excluding carboxylic acids is 1. The minimum Gasteiger partial charge on any atom is -0.504 e. The van der Waals surface area contributed by atoms with Crippen LogP contribution in [-0.2, 0) is 16.1 Å². The van der Waals surface area contributed by atoms with Crippen LogP contribution < -0.4 is 24.4 Å². The van der Waals surface area contributed by atoms with Crippen molar-refractivity contribution >= 4 is 23.4 Å². The van der Waals surface area contributed by atoms with Crippen LogP contribution in [0, 0.1) is 0 Å². The van der Waals surface area contributed by atoms with Gasteiger partial charge in [0.25, 0.3) is 5.56 Å². The van der Waals surface area contributed by atoms with Crippen LogP contribution in [-0.4, -0.2) is 28.9 Å². The monoisotopic (exact) mass is 584 g/mol. The van der Waals surface area contributed by atoms with Gasteiger partial charge < -0.3 is 19.3 Å². The third-order valence-corrected chi connectivity index (χ3v) is 7.69. The van der Waals surface area contributed by atoms with Crippen molar-refractivity contribution in [2.24, 2.45) is 4.99 Å². The van der Waals surface area contributed by atoms with E-state index in [9.17, 15) is 14.7 Å². The van der Waals surface area contributed by atoms with Gasteiger partial charge in [-0.05, 0) is 67.3 Å². The second-order valence-corrected chi connectivity index (χ2v) is 10.7. The lowest BCUT2D eigenvalue weighted by Crippen LogP contribution is -2.39. The van der Waals surface area contributed by atoms with Crippen LogP contribution in [0.1, 0.15) is 49.9 Å². The van der Waals surface area contributed by atoms with E-state index in [-0.39, 0.29) is 17.9 Å². The topological polar surface area (TPSA) is 99.4 Å². The number of hydrogen-bond donors (Lipinski definition) is 1. The molecule has 0 aliphatic carbocycles. The summed E-state index contributed by atoms with van der Waals surface area (Å²) in [7, 11) is 0. The van der Waals surface area contributed by atoms with E-state index in [1.54, 1.807) is 29.7 Å². The Kier molecular flexibility index (Phi) is 8.88. The molecule has 1 aromatic heterocycles. The Morgan fingerprint density at radius 3 is 2.52 bits per heavy atom. The fourth-order valence-electron chi connectivity index (χ4n) is 4.71. The lowest BCUT2D eigenvalue weighted by molar-refractivity contribution is -0.140. The van der Waals surface area contributed by atoms with Crippen LogP contribution in [0.5, 0.6) is 17.2 Å². The number of nitrogens with zero attached hydrogens (tertiary/aromatic N) is 2. The Hall–Kier alpha value is -4.63. The van der Waals surface area contributed by atoms with E-state index in [0.717, 1.165) is 17.5 Å². The molecule has 0 fully saturated rings. The molecule has 5 rings (SSSR count). The molecule has 1 aliphatic heterocycles. The summed E-state index contributed by atoms with van der Waals surface area (Å²) in [5, 5.41) is 10.1. The highest BCUT2D eigenvalue weighted by atomic mass is 32.1. The normalized spacial score (nSPS) is 14.7. The molecule has 0 amide bonds. The van der Waals surface area contributed by atoms with Crippen molar-refractivity contribution in [1.82, 2.24) is 4.57 Å². The summed E-state index contributed by atoms with van der Waals surface area (Å²) in [5.74, 6) is 0.530. The Labute approximate surface area is 247 Å². The largest absolute Gasteiger partial charge is 0.504 e. The second kappa shape index (κ2) is 12.9. The Balaban J connectivity index is 1.59. The van der Waals surface area contributed by atoms with Crippen molar-refractivity contribution in [3.8, 4) is 17.2 Å². The molecule has 1 unspecified atom stereocenters. The molecule has 0 radical (unpaired) electrons. The van der Waals surface area contributed by atoms with Gasteiger partial charge in [0.15, 0.2) is 16.3 Å². The SMILES string of the molecule is CCCOc1ccc(C2C(C(=O)OCc3ccccc3)=C(C)N=c3sc(=Cc4ccc(O)c(OCC)c4)c(=O)n32)cc1. The predicted octanol–water partition coefficient (Wildman–Crippen LogP) is 4.87. The molecule has 0 saturated carbocycles. The highest BCUT2D eigenvalue weighted by Gasteiger charge is 2.33. The lowest BCUT2D eigenvalue weighted by Gasteiger charge is -2.25. The highest BCUT2D eigenvalue weighted by molar-refractivity contribution is 7.07. The minimum atomic E-state index is -0.745. The Morgan fingerprint density at radius 1 is 1.05 bits per heavy atom. The number of phenolic OH excluding ortho intramolecular Hbond substituents is 1. The van der Waals surface area contributed by atoms with Crippen molar-refractivity contribution in [2.45, 2.75) is 39.8 Å². The number of phenols is 1. The van der Waals surface area contributed by atoms with Crippen LogP contribution in [0.25, 0.3) is 6.08 Å². The zero-order valence-corrected chi connectivity index (χ0v) is 24.5. The number of thiazole rings is 1. The zero-order chi connectivity index (χ0) is 29.6. The van der Waals surface area contributed by atoms with Crippen LogP contribution in [0.2, 0.25) is 0 Å². The molecule has 2 heterocycles. The molecule has 1 atom stereocenters. The molecule has 42 heavy (non-hydrogen) atoms. The minimum absolute atomic E-state index is 0.0242. The van der Waals surface area contributed by atoms with Crippen molar-refractivity contribution in [3.05, 3.63) is 120 Å². The fourth-order valence-corrected chi connectivity index (χ4v) is 5.75. The summed E-state index contributed by atoms with van der Waals surface area (Å²) >= 11 is 1.23. The smallest absolute Gasteiger partial charge is 0.338 e. The van der Waals surface area contributed by atoms with E-state index in [2.05, 4.69) is 4.99 Å². The first-order valence-electron chi connectivity index (χ1n) is 13.8. The molecule has 0 saturated heterocycles. The number of rotatable bonds is 10. The summed E-state index contributed by atoms with van der Waals surface area (Å²) in [6, 6.07) is 21.0. The van der Waals surface area contributed by atoms with Crippen molar-refractivity contribution in [2.75, 3.05) is 13.2 Å².